The summed E-state index contributed by atoms with van der Waals surface area (Å²) >= 11 is 3.81. The Balaban J connectivity index is 2.47. The molecular weight excluding hydrogens is 220 g/mol. The van der Waals surface area contributed by atoms with Gasteiger partial charge in [0, 0.05) is 12.2 Å². The van der Waals surface area contributed by atoms with E-state index in [9.17, 15) is 14.4 Å². The topological polar surface area (TPSA) is 95.5 Å². The molecule has 1 fully saturated rings. The molecule has 1 rings (SSSR count). The van der Waals surface area contributed by atoms with Crippen LogP contribution in [0, 0.1) is 0 Å². The van der Waals surface area contributed by atoms with Crippen molar-refractivity contribution in [2.24, 2.45) is 0 Å². The van der Waals surface area contributed by atoms with E-state index in [0.717, 1.165) is 0 Å². The van der Waals surface area contributed by atoms with E-state index in [1.54, 1.807) is 0 Å². The number of carboxylic acid groups (broad SMARTS) is 1. The molecule has 0 radical (unpaired) electrons. The van der Waals surface area contributed by atoms with Crippen LogP contribution in [0.1, 0.15) is 12.8 Å². The van der Waals surface area contributed by atoms with Crippen molar-refractivity contribution in [3.63, 3.8) is 0 Å². The maximum Gasteiger partial charge on any atom is 0.327 e. The van der Waals surface area contributed by atoms with Crippen LogP contribution in [-0.4, -0.2) is 40.7 Å². The van der Waals surface area contributed by atoms with Gasteiger partial charge in [-0.3, -0.25) is 9.59 Å². The summed E-state index contributed by atoms with van der Waals surface area (Å²) in [4.78, 5) is 32.9. The largest absolute Gasteiger partial charge is 0.480 e. The van der Waals surface area contributed by atoms with E-state index in [-0.39, 0.29) is 11.7 Å². The number of rotatable bonds is 4. The average molecular weight is 232 g/mol. The summed E-state index contributed by atoms with van der Waals surface area (Å²) in [5.74, 6) is -1.78. The molecule has 3 N–H and O–H groups in total. The average Bonchev–Trinajstić information content (AvgIpc) is 2.60. The smallest absolute Gasteiger partial charge is 0.327 e. The summed E-state index contributed by atoms with van der Waals surface area (Å²) in [7, 11) is 0. The number of carboxylic acids is 1. The van der Waals surface area contributed by atoms with Crippen molar-refractivity contribution in [1.29, 1.82) is 0 Å². The fraction of sp³-hybridized carbons (Fsp3) is 0.625. The first kappa shape index (κ1) is 11.8. The predicted octanol–water partition coefficient (Wildman–Crippen LogP) is -1.24. The van der Waals surface area contributed by atoms with E-state index in [1.165, 1.54) is 0 Å². The van der Waals surface area contributed by atoms with Crippen molar-refractivity contribution in [3.05, 3.63) is 0 Å². The lowest BCUT2D eigenvalue weighted by Gasteiger charge is -2.15. The first-order valence-electron chi connectivity index (χ1n) is 4.48. The Labute approximate surface area is 91.8 Å². The van der Waals surface area contributed by atoms with Gasteiger partial charge in [-0.25, -0.2) is 4.79 Å². The first-order chi connectivity index (χ1) is 7.04. The molecule has 6 nitrogen and oxygen atoms in total. The van der Waals surface area contributed by atoms with Gasteiger partial charge in [-0.2, -0.15) is 12.6 Å². The SMILES string of the molecule is O=C1CCC(C(=O)N[C@H](CS)C(=O)O)N1. The van der Waals surface area contributed by atoms with Crippen LogP contribution in [0.4, 0.5) is 0 Å². The molecule has 0 aromatic rings. The molecule has 1 aliphatic rings. The number of thiol groups is 1. The van der Waals surface area contributed by atoms with Crippen LogP contribution in [0.15, 0.2) is 0 Å². The summed E-state index contributed by atoms with van der Waals surface area (Å²) in [6.45, 7) is 0. The molecule has 2 amide bonds. The molecule has 1 unspecified atom stereocenters. The van der Waals surface area contributed by atoms with Crippen LogP contribution in [0.5, 0.6) is 0 Å². The maximum atomic E-state index is 11.4. The van der Waals surface area contributed by atoms with Crippen molar-refractivity contribution < 1.29 is 19.5 Å². The van der Waals surface area contributed by atoms with Crippen LogP contribution in [0.25, 0.3) is 0 Å². The number of aliphatic carboxylic acids is 1. The van der Waals surface area contributed by atoms with Gasteiger partial charge in [0.05, 0.1) is 0 Å². The zero-order valence-corrected chi connectivity index (χ0v) is 8.79. The Morgan fingerprint density at radius 2 is 2.33 bits per heavy atom. The van der Waals surface area contributed by atoms with E-state index in [2.05, 4.69) is 23.3 Å². The third-order valence-corrected chi connectivity index (χ3v) is 2.47. The zero-order chi connectivity index (χ0) is 11.4. The van der Waals surface area contributed by atoms with Crippen molar-refractivity contribution in [2.75, 3.05) is 5.75 Å². The van der Waals surface area contributed by atoms with Gasteiger partial charge in [-0.1, -0.05) is 0 Å². The van der Waals surface area contributed by atoms with Gasteiger partial charge in [0.25, 0.3) is 0 Å². The third kappa shape index (κ3) is 3.12. The number of hydrogen-bond acceptors (Lipinski definition) is 4. The molecule has 0 spiro atoms. The van der Waals surface area contributed by atoms with Crippen molar-refractivity contribution in [2.45, 2.75) is 24.9 Å². The van der Waals surface area contributed by atoms with Crippen LogP contribution >= 0.6 is 12.6 Å². The van der Waals surface area contributed by atoms with E-state index in [1.807, 2.05) is 0 Å². The lowest BCUT2D eigenvalue weighted by atomic mass is 10.2. The monoisotopic (exact) mass is 232 g/mol. The Morgan fingerprint density at radius 3 is 2.73 bits per heavy atom. The maximum absolute atomic E-state index is 11.4. The summed E-state index contributed by atoms with van der Waals surface area (Å²) in [5.41, 5.74) is 0. The van der Waals surface area contributed by atoms with Gasteiger partial charge in [0.2, 0.25) is 11.8 Å². The number of hydrogen-bond donors (Lipinski definition) is 4. The predicted molar refractivity (Wildman–Crippen MR) is 54.6 cm³/mol. The minimum atomic E-state index is -1.14. The second kappa shape index (κ2) is 5.01. The normalized spacial score (nSPS) is 21.9. The number of nitrogens with one attached hydrogen (secondary N) is 2. The summed E-state index contributed by atoms with van der Waals surface area (Å²) < 4.78 is 0. The van der Waals surface area contributed by atoms with Gasteiger partial charge in [0.15, 0.2) is 0 Å². The van der Waals surface area contributed by atoms with E-state index >= 15 is 0 Å². The van der Waals surface area contributed by atoms with Crippen LogP contribution in [0.3, 0.4) is 0 Å². The minimum Gasteiger partial charge on any atom is -0.480 e. The fourth-order valence-corrected chi connectivity index (χ4v) is 1.52. The number of carbonyl (C=O) groups is 3. The summed E-state index contributed by atoms with van der Waals surface area (Å²) in [6, 6.07) is -1.63. The van der Waals surface area contributed by atoms with Crippen molar-refractivity contribution >= 4 is 30.4 Å². The van der Waals surface area contributed by atoms with Gasteiger partial charge in [0.1, 0.15) is 12.1 Å². The van der Waals surface area contributed by atoms with Crippen LogP contribution in [-0.2, 0) is 14.4 Å². The molecule has 1 saturated heterocycles. The molecule has 84 valence electrons. The second-order valence-corrected chi connectivity index (χ2v) is 3.61. The van der Waals surface area contributed by atoms with E-state index in [0.29, 0.717) is 12.8 Å². The number of carbonyl (C=O) groups excluding carboxylic acids is 2. The molecular formula is C8H12N2O4S. The van der Waals surface area contributed by atoms with Gasteiger partial charge in [-0.15, -0.1) is 0 Å². The van der Waals surface area contributed by atoms with Gasteiger partial charge >= 0.3 is 5.97 Å². The van der Waals surface area contributed by atoms with Gasteiger partial charge < -0.3 is 15.7 Å². The van der Waals surface area contributed by atoms with E-state index in [4.69, 9.17) is 5.11 Å². The highest BCUT2D eigenvalue weighted by Gasteiger charge is 2.29. The lowest BCUT2D eigenvalue weighted by molar-refractivity contribution is -0.141. The second-order valence-electron chi connectivity index (χ2n) is 3.24. The molecule has 0 saturated carbocycles. The van der Waals surface area contributed by atoms with Crippen molar-refractivity contribution in [3.8, 4) is 0 Å². The van der Waals surface area contributed by atoms with Crippen LogP contribution < -0.4 is 10.6 Å². The molecule has 7 heteroatoms. The Bertz CT molecular complexity index is 294. The Morgan fingerprint density at radius 1 is 1.67 bits per heavy atom. The Kier molecular flexibility index (Phi) is 3.96. The third-order valence-electron chi connectivity index (χ3n) is 2.11. The molecule has 15 heavy (non-hydrogen) atoms. The minimum absolute atomic E-state index is 0.0156. The molecule has 0 aromatic heterocycles. The summed E-state index contributed by atoms with van der Waals surface area (Å²) in [5, 5.41) is 13.4. The van der Waals surface area contributed by atoms with Crippen LogP contribution in [0.2, 0.25) is 0 Å². The highest BCUT2D eigenvalue weighted by atomic mass is 32.1. The van der Waals surface area contributed by atoms with E-state index < -0.39 is 24.0 Å². The summed E-state index contributed by atoms with van der Waals surface area (Å²) in [6.07, 6.45) is 0.709. The Hall–Kier alpha value is -1.24. The van der Waals surface area contributed by atoms with Crippen molar-refractivity contribution in [1.82, 2.24) is 10.6 Å². The van der Waals surface area contributed by atoms with Gasteiger partial charge in [-0.05, 0) is 6.42 Å². The highest BCUT2D eigenvalue weighted by molar-refractivity contribution is 7.80. The molecule has 0 aromatic carbocycles. The quantitative estimate of drug-likeness (QED) is 0.456. The molecule has 0 aliphatic carbocycles. The molecule has 1 aliphatic heterocycles. The standard InChI is InChI=1S/C8H12N2O4S/c11-6-2-1-4(9-6)7(12)10-5(3-15)8(13)14/h4-5,15H,1-3H2,(H,9,11)(H,10,12)(H,13,14)/t4?,5-/m1/s1. The molecule has 2 atom stereocenters. The lowest BCUT2D eigenvalue weighted by Crippen LogP contribution is -2.49. The fourth-order valence-electron chi connectivity index (χ4n) is 1.27. The zero-order valence-electron chi connectivity index (χ0n) is 7.90. The molecule has 1 heterocycles. The number of amides is 2. The highest BCUT2D eigenvalue weighted by Crippen LogP contribution is 2.06. The molecule has 0 bridgehead atoms. The first-order valence-corrected chi connectivity index (χ1v) is 5.11.